The summed E-state index contributed by atoms with van der Waals surface area (Å²) in [7, 11) is 1.78. The highest BCUT2D eigenvalue weighted by atomic mass is 16.5. The van der Waals surface area contributed by atoms with E-state index in [9.17, 15) is 0 Å². The summed E-state index contributed by atoms with van der Waals surface area (Å²) in [6.07, 6.45) is 4.14. The van der Waals surface area contributed by atoms with E-state index in [0.717, 1.165) is 57.4 Å². The van der Waals surface area contributed by atoms with Crippen LogP contribution in [0.25, 0.3) is 0 Å². The molecule has 0 spiro atoms. The van der Waals surface area contributed by atoms with Crippen LogP contribution in [-0.2, 0) is 15.9 Å². The molecule has 21 heavy (non-hydrogen) atoms. The third kappa shape index (κ3) is 2.64. The van der Waals surface area contributed by atoms with E-state index in [0.29, 0.717) is 5.92 Å². The van der Waals surface area contributed by atoms with Crippen molar-refractivity contribution in [3.8, 4) is 0 Å². The number of ether oxygens (including phenoxy) is 2. The summed E-state index contributed by atoms with van der Waals surface area (Å²) in [4.78, 5) is 11.5. The molecule has 2 atom stereocenters. The topological polar surface area (TPSA) is 47.5 Å². The van der Waals surface area contributed by atoms with E-state index in [1.807, 2.05) is 13.1 Å². The minimum Gasteiger partial charge on any atom is -0.384 e. The van der Waals surface area contributed by atoms with Gasteiger partial charge in [0.2, 0.25) is 0 Å². The number of hydrogen-bond donors (Lipinski definition) is 0. The lowest BCUT2D eigenvalue weighted by Crippen LogP contribution is -2.35. The number of aromatic nitrogens is 2. The summed E-state index contributed by atoms with van der Waals surface area (Å²) in [5.41, 5.74) is 1.40. The molecule has 5 nitrogen and oxygen atoms in total. The van der Waals surface area contributed by atoms with Gasteiger partial charge in [-0.3, -0.25) is 0 Å². The summed E-state index contributed by atoms with van der Waals surface area (Å²) < 4.78 is 11.2. The molecule has 1 aromatic heterocycles. The van der Waals surface area contributed by atoms with Crippen LogP contribution in [0.5, 0.6) is 0 Å². The van der Waals surface area contributed by atoms with Crippen LogP contribution in [0.15, 0.2) is 6.20 Å². The summed E-state index contributed by atoms with van der Waals surface area (Å²) >= 11 is 0. The minimum absolute atomic E-state index is 0.136. The molecular weight excluding hydrogens is 266 g/mol. The van der Waals surface area contributed by atoms with Gasteiger partial charge in [0.1, 0.15) is 11.6 Å². The smallest absolute Gasteiger partial charge is 0.135 e. The molecule has 2 aliphatic rings. The number of hydrogen-bond acceptors (Lipinski definition) is 5. The van der Waals surface area contributed by atoms with Crippen LogP contribution in [-0.4, -0.2) is 50.0 Å². The molecule has 0 amide bonds. The second kappa shape index (κ2) is 5.89. The van der Waals surface area contributed by atoms with Gasteiger partial charge in [-0.05, 0) is 13.3 Å². The van der Waals surface area contributed by atoms with Crippen LogP contribution in [0.4, 0.5) is 5.82 Å². The maximum absolute atomic E-state index is 5.71. The average molecular weight is 291 g/mol. The molecule has 3 rings (SSSR count). The van der Waals surface area contributed by atoms with Gasteiger partial charge in [0.25, 0.3) is 0 Å². The maximum atomic E-state index is 5.71. The zero-order chi connectivity index (χ0) is 14.9. The van der Waals surface area contributed by atoms with Crippen molar-refractivity contribution in [2.45, 2.75) is 26.7 Å². The first-order chi connectivity index (χ1) is 10.2. The van der Waals surface area contributed by atoms with Gasteiger partial charge in [-0.15, -0.1) is 0 Å². The van der Waals surface area contributed by atoms with Crippen LogP contribution >= 0.6 is 0 Å². The normalized spacial score (nSPS) is 28.1. The molecule has 1 aromatic rings. The van der Waals surface area contributed by atoms with E-state index >= 15 is 0 Å². The van der Waals surface area contributed by atoms with E-state index in [-0.39, 0.29) is 5.41 Å². The Balaban J connectivity index is 1.87. The van der Waals surface area contributed by atoms with E-state index in [1.165, 1.54) is 5.56 Å². The molecule has 0 radical (unpaired) electrons. The van der Waals surface area contributed by atoms with Crippen molar-refractivity contribution in [1.29, 1.82) is 0 Å². The SMILES string of the molecule is CCCc1cnc(C)nc1N1C[C@H]2COC[C@@]2(COC)C1. The van der Waals surface area contributed by atoms with E-state index in [2.05, 4.69) is 16.8 Å². The van der Waals surface area contributed by atoms with Crippen molar-refractivity contribution < 1.29 is 9.47 Å². The molecule has 2 saturated heterocycles. The second-order valence-corrected chi connectivity index (χ2v) is 6.40. The molecule has 0 saturated carbocycles. The number of nitrogens with zero attached hydrogens (tertiary/aromatic N) is 3. The van der Waals surface area contributed by atoms with E-state index in [4.69, 9.17) is 14.5 Å². The second-order valence-electron chi connectivity index (χ2n) is 6.40. The zero-order valence-electron chi connectivity index (χ0n) is 13.3. The van der Waals surface area contributed by atoms with E-state index in [1.54, 1.807) is 7.11 Å². The Morgan fingerprint density at radius 2 is 2.38 bits per heavy atom. The highest BCUT2D eigenvalue weighted by Crippen LogP contribution is 2.43. The van der Waals surface area contributed by atoms with Gasteiger partial charge in [0.05, 0.1) is 19.8 Å². The maximum Gasteiger partial charge on any atom is 0.135 e. The number of anilines is 1. The monoisotopic (exact) mass is 291 g/mol. The van der Waals surface area contributed by atoms with Gasteiger partial charge in [-0.1, -0.05) is 13.3 Å². The molecule has 116 valence electrons. The Bertz CT molecular complexity index is 508. The summed E-state index contributed by atoms with van der Waals surface area (Å²) in [6, 6.07) is 0. The van der Waals surface area contributed by atoms with Crippen molar-refractivity contribution in [2.75, 3.05) is 44.9 Å². The molecule has 2 fully saturated rings. The third-order valence-corrected chi connectivity index (χ3v) is 4.73. The average Bonchev–Trinajstić information content (AvgIpc) is 2.98. The fourth-order valence-electron chi connectivity index (χ4n) is 3.69. The molecule has 5 heteroatoms. The lowest BCUT2D eigenvalue weighted by atomic mass is 9.82. The Morgan fingerprint density at radius 3 is 3.14 bits per heavy atom. The first-order valence-corrected chi connectivity index (χ1v) is 7.82. The Hall–Kier alpha value is -1.20. The van der Waals surface area contributed by atoms with Gasteiger partial charge >= 0.3 is 0 Å². The molecule has 0 N–H and O–H groups in total. The number of rotatable bonds is 5. The lowest BCUT2D eigenvalue weighted by Gasteiger charge is -2.27. The minimum atomic E-state index is 0.136. The van der Waals surface area contributed by atoms with Crippen LogP contribution in [0.1, 0.15) is 24.7 Å². The zero-order valence-corrected chi connectivity index (χ0v) is 13.3. The molecular formula is C16H25N3O2. The third-order valence-electron chi connectivity index (χ3n) is 4.73. The molecule has 0 unspecified atom stereocenters. The van der Waals surface area contributed by atoms with E-state index < -0.39 is 0 Å². The standard InChI is InChI=1S/C16H25N3O2/c1-4-5-13-6-17-12(2)18-15(13)19-7-14-8-21-11-16(14,9-19)10-20-3/h6,14H,4-5,7-11H2,1-3H3/t14-,16-/m0/s1. The number of methoxy groups -OCH3 is 1. The van der Waals surface area contributed by atoms with Gasteiger partial charge < -0.3 is 14.4 Å². The van der Waals surface area contributed by atoms with Crippen molar-refractivity contribution in [3.05, 3.63) is 17.6 Å². The Kier molecular flexibility index (Phi) is 4.13. The quantitative estimate of drug-likeness (QED) is 0.828. The van der Waals surface area contributed by atoms with Crippen molar-refractivity contribution in [3.63, 3.8) is 0 Å². The van der Waals surface area contributed by atoms with Crippen molar-refractivity contribution in [1.82, 2.24) is 9.97 Å². The summed E-state index contributed by atoms with van der Waals surface area (Å²) in [5.74, 6) is 2.51. The lowest BCUT2D eigenvalue weighted by molar-refractivity contribution is 0.0660. The fourth-order valence-corrected chi connectivity index (χ4v) is 3.69. The predicted octanol–water partition coefficient (Wildman–Crippen LogP) is 1.84. The van der Waals surface area contributed by atoms with Crippen LogP contribution < -0.4 is 4.90 Å². The molecule has 3 heterocycles. The number of fused-ring (bicyclic) bond motifs is 1. The first-order valence-electron chi connectivity index (χ1n) is 7.82. The van der Waals surface area contributed by atoms with Crippen molar-refractivity contribution in [2.24, 2.45) is 11.3 Å². The largest absolute Gasteiger partial charge is 0.384 e. The Labute approximate surface area is 126 Å². The number of aryl methyl sites for hydroxylation is 2. The Morgan fingerprint density at radius 1 is 1.52 bits per heavy atom. The summed E-state index contributed by atoms with van der Waals surface area (Å²) in [5, 5.41) is 0. The highest BCUT2D eigenvalue weighted by molar-refractivity contribution is 5.48. The van der Waals surface area contributed by atoms with Crippen LogP contribution in [0.2, 0.25) is 0 Å². The van der Waals surface area contributed by atoms with Gasteiger partial charge in [-0.25, -0.2) is 9.97 Å². The van der Waals surface area contributed by atoms with Crippen molar-refractivity contribution >= 4 is 5.82 Å². The van der Waals surface area contributed by atoms with Gasteiger partial charge in [0.15, 0.2) is 0 Å². The molecule has 2 aliphatic heterocycles. The van der Waals surface area contributed by atoms with Gasteiger partial charge in [-0.2, -0.15) is 0 Å². The van der Waals surface area contributed by atoms with Crippen LogP contribution in [0.3, 0.4) is 0 Å². The summed E-state index contributed by atoms with van der Waals surface area (Å²) in [6.45, 7) is 8.55. The van der Waals surface area contributed by atoms with Gasteiger partial charge in [0, 0.05) is 43.3 Å². The highest BCUT2D eigenvalue weighted by Gasteiger charge is 2.51. The molecule has 0 bridgehead atoms. The molecule has 0 aromatic carbocycles. The fraction of sp³-hybridized carbons (Fsp3) is 0.750. The predicted molar refractivity (Wildman–Crippen MR) is 81.6 cm³/mol. The molecule has 0 aliphatic carbocycles. The first kappa shape index (κ1) is 14.7. The van der Waals surface area contributed by atoms with Crippen LogP contribution in [0, 0.1) is 18.3 Å².